The van der Waals surface area contributed by atoms with E-state index >= 15 is 0 Å². The summed E-state index contributed by atoms with van der Waals surface area (Å²) >= 11 is 0. The van der Waals surface area contributed by atoms with Gasteiger partial charge in [0.1, 0.15) is 5.82 Å². The van der Waals surface area contributed by atoms with Gasteiger partial charge in [0.25, 0.3) is 0 Å². The predicted octanol–water partition coefficient (Wildman–Crippen LogP) is 4.46. The average molecular weight is 293 g/mol. The van der Waals surface area contributed by atoms with E-state index in [1.165, 1.54) is 25.3 Å². The second-order valence-electron chi connectivity index (χ2n) is 6.54. The molecule has 3 atom stereocenters. The van der Waals surface area contributed by atoms with Crippen LogP contribution in [-0.2, 0) is 4.74 Å². The molecule has 118 valence electrons. The van der Waals surface area contributed by atoms with E-state index in [0.717, 1.165) is 18.5 Å². The van der Waals surface area contributed by atoms with Crippen molar-refractivity contribution in [1.82, 2.24) is 5.32 Å². The lowest BCUT2D eigenvalue weighted by molar-refractivity contribution is -0.0570. The van der Waals surface area contributed by atoms with E-state index in [1.54, 1.807) is 12.1 Å². The summed E-state index contributed by atoms with van der Waals surface area (Å²) in [5, 5.41) is 3.42. The number of halogens is 1. The lowest BCUT2D eigenvalue weighted by Crippen LogP contribution is -2.34. The van der Waals surface area contributed by atoms with Crippen LogP contribution in [0.5, 0.6) is 0 Å². The maximum absolute atomic E-state index is 13.5. The Morgan fingerprint density at radius 2 is 2.05 bits per heavy atom. The third-order valence-corrected chi connectivity index (χ3v) is 4.30. The average Bonchev–Trinajstić information content (AvgIpc) is 2.45. The van der Waals surface area contributed by atoms with Gasteiger partial charge in [-0.2, -0.15) is 0 Å². The van der Waals surface area contributed by atoms with Crippen molar-refractivity contribution in [2.45, 2.75) is 64.7 Å². The lowest BCUT2D eigenvalue weighted by atomic mass is 9.87. The Labute approximate surface area is 128 Å². The first-order chi connectivity index (χ1) is 10.1. The number of ether oxygens (including phenoxy) is 1. The molecule has 1 N–H and O–H groups in total. The molecule has 0 aliphatic heterocycles. The summed E-state index contributed by atoms with van der Waals surface area (Å²) in [6, 6.07) is 7.21. The molecular weight excluding hydrogens is 265 g/mol. The van der Waals surface area contributed by atoms with Gasteiger partial charge >= 0.3 is 0 Å². The molecule has 0 saturated heterocycles. The summed E-state index contributed by atoms with van der Waals surface area (Å²) in [6.07, 6.45) is 5.11. The molecule has 1 fully saturated rings. The van der Waals surface area contributed by atoms with Gasteiger partial charge in [0.05, 0.1) is 12.2 Å². The van der Waals surface area contributed by atoms with Gasteiger partial charge < -0.3 is 10.1 Å². The van der Waals surface area contributed by atoms with Crippen LogP contribution in [0.1, 0.15) is 58.1 Å². The van der Waals surface area contributed by atoms with Crippen LogP contribution in [0.2, 0.25) is 0 Å². The van der Waals surface area contributed by atoms with Crippen molar-refractivity contribution in [2.24, 2.45) is 5.92 Å². The van der Waals surface area contributed by atoms with E-state index in [1.807, 2.05) is 6.07 Å². The Hall–Kier alpha value is -0.930. The molecule has 1 aromatic rings. The van der Waals surface area contributed by atoms with Crippen molar-refractivity contribution in [2.75, 3.05) is 6.54 Å². The zero-order valence-corrected chi connectivity index (χ0v) is 13.4. The molecular formula is C18H28FNO. The molecule has 21 heavy (non-hydrogen) atoms. The third kappa shape index (κ3) is 5.08. The van der Waals surface area contributed by atoms with Crippen LogP contribution in [0.15, 0.2) is 24.3 Å². The summed E-state index contributed by atoms with van der Waals surface area (Å²) in [5.41, 5.74) is 0.931. The molecule has 1 aromatic carbocycles. The highest BCUT2D eigenvalue weighted by Gasteiger charge is 2.26. The maximum atomic E-state index is 13.5. The van der Waals surface area contributed by atoms with Crippen molar-refractivity contribution < 1.29 is 9.13 Å². The van der Waals surface area contributed by atoms with E-state index in [-0.39, 0.29) is 11.9 Å². The highest BCUT2D eigenvalue weighted by atomic mass is 19.1. The predicted molar refractivity (Wildman–Crippen MR) is 84.8 cm³/mol. The zero-order valence-electron chi connectivity index (χ0n) is 13.4. The van der Waals surface area contributed by atoms with Crippen LogP contribution in [0.25, 0.3) is 0 Å². The molecule has 3 unspecified atom stereocenters. The fourth-order valence-electron chi connectivity index (χ4n) is 2.99. The molecule has 0 spiro atoms. The Bertz CT molecular complexity index is 435. The standard InChI is InChI=1S/C18H28FNO/c1-13(2)20-12-18(15-8-6-9-16(19)11-15)21-17-10-5-4-7-14(17)3/h6,8-9,11,13-14,17-18,20H,4-5,7,10,12H2,1-3H3. The smallest absolute Gasteiger partial charge is 0.123 e. The fraction of sp³-hybridized carbons (Fsp3) is 0.667. The first-order valence-corrected chi connectivity index (χ1v) is 8.20. The highest BCUT2D eigenvalue weighted by molar-refractivity contribution is 5.19. The van der Waals surface area contributed by atoms with Crippen LogP contribution in [0.4, 0.5) is 4.39 Å². The molecule has 0 bridgehead atoms. The van der Waals surface area contributed by atoms with E-state index < -0.39 is 0 Å². The van der Waals surface area contributed by atoms with E-state index in [0.29, 0.717) is 18.1 Å². The first-order valence-electron chi connectivity index (χ1n) is 8.20. The van der Waals surface area contributed by atoms with Crippen molar-refractivity contribution >= 4 is 0 Å². The minimum Gasteiger partial charge on any atom is -0.369 e. The van der Waals surface area contributed by atoms with Crippen LogP contribution in [-0.4, -0.2) is 18.7 Å². The van der Waals surface area contributed by atoms with Crippen LogP contribution in [0.3, 0.4) is 0 Å². The normalized spacial score (nSPS) is 24.2. The largest absolute Gasteiger partial charge is 0.369 e. The van der Waals surface area contributed by atoms with E-state index in [9.17, 15) is 4.39 Å². The minimum atomic E-state index is -0.192. The van der Waals surface area contributed by atoms with Gasteiger partial charge in [-0.1, -0.05) is 45.7 Å². The Balaban J connectivity index is 2.07. The van der Waals surface area contributed by atoms with Gasteiger partial charge in [-0.05, 0) is 36.5 Å². The monoisotopic (exact) mass is 293 g/mol. The molecule has 1 aliphatic rings. The fourth-order valence-corrected chi connectivity index (χ4v) is 2.99. The van der Waals surface area contributed by atoms with E-state index in [2.05, 4.69) is 26.1 Å². The van der Waals surface area contributed by atoms with Crippen LogP contribution in [0, 0.1) is 11.7 Å². The van der Waals surface area contributed by atoms with Gasteiger partial charge in [-0.3, -0.25) is 0 Å². The first kappa shape index (κ1) is 16.4. The highest BCUT2D eigenvalue weighted by Crippen LogP contribution is 2.31. The second kappa shape index (κ2) is 7.90. The third-order valence-electron chi connectivity index (χ3n) is 4.30. The lowest BCUT2D eigenvalue weighted by Gasteiger charge is -2.33. The molecule has 2 nitrogen and oxygen atoms in total. The summed E-state index contributed by atoms with van der Waals surface area (Å²) in [7, 11) is 0. The summed E-state index contributed by atoms with van der Waals surface area (Å²) in [5.74, 6) is 0.399. The number of rotatable bonds is 6. The van der Waals surface area contributed by atoms with Gasteiger partial charge in [0.2, 0.25) is 0 Å². The SMILES string of the molecule is CC(C)NCC(OC1CCCCC1C)c1cccc(F)c1. The van der Waals surface area contributed by atoms with Crippen LogP contribution < -0.4 is 5.32 Å². The zero-order chi connectivity index (χ0) is 15.2. The summed E-state index contributed by atoms with van der Waals surface area (Å²) in [6.45, 7) is 7.23. The number of hydrogen-bond donors (Lipinski definition) is 1. The van der Waals surface area contributed by atoms with Gasteiger partial charge in [0, 0.05) is 12.6 Å². The van der Waals surface area contributed by atoms with Crippen molar-refractivity contribution in [3.8, 4) is 0 Å². The quantitative estimate of drug-likeness (QED) is 0.836. The molecule has 3 heteroatoms. The van der Waals surface area contributed by atoms with Crippen molar-refractivity contribution in [1.29, 1.82) is 0 Å². The summed E-state index contributed by atoms with van der Waals surface area (Å²) in [4.78, 5) is 0. The number of hydrogen-bond acceptors (Lipinski definition) is 2. The molecule has 0 radical (unpaired) electrons. The van der Waals surface area contributed by atoms with Crippen LogP contribution >= 0.6 is 0 Å². The molecule has 1 aliphatic carbocycles. The van der Waals surface area contributed by atoms with E-state index in [4.69, 9.17) is 4.74 Å². The Morgan fingerprint density at radius 1 is 1.29 bits per heavy atom. The molecule has 0 amide bonds. The van der Waals surface area contributed by atoms with Gasteiger partial charge in [0.15, 0.2) is 0 Å². The number of benzene rings is 1. The minimum absolute atomic E-state index is 0.0753. The molecule has 1 saturated carbocycles. The maximum Gasteiger partial charge on any atom is 0.123 e. The summed E-state index contributed by atoms with van der Waals surface area (Å²) < 4.78 is 19.9. The Morgan fingerprint density at radius 3 is 2.71 bits per heavy atom. The van der Waals surface area contributed by atoms with Gasteiger partial charge in [-0.15, -0.1) is 0 Å². The van der Waals surface area contributed by atoms with Crippen molar-refractivity contribution in [3.63, 3.8) is 0 Å². The molecule has 0 heterocycles. The molecule has 0 aromatic heterocycles. The van der Waals surface area contributed by atoms with Gasteiger partial charge in [-0.25, -0.2) is 4.39 Å². The molecule has 2 rings (SSSR count). The van der Waals surface area contributed by atoms with Crippen molar-refractivity contribution in [3.05, 3.63) is 35.6 Å². The second-order valence-corrected chi connectivity index (χ2v) is 6.54. The topological polar surface area (TPSA) is 21.3 Å². The number of nitrogens with one attached hydrogen (secondary N) is 1. The Kier molecular flexibility index (Phi) is 6.19.